The van der Waals surface area contributed by atoms with Crippen molar-refractivity contribution in [2.24, 2.45) is 5.41 Å². The molecule has 0 aliphatic rings. The molecule has 0 saturated carbocycles. The Kier molecular flexibility index (Phi) is 5.27. The molecule has 0 amide bonds. The second-order valence-corrected chi connectivity index (χ2v) is 6.93. The molecule has 3 rings (SSSR count). The van der Waals surface area contributed by atoms with Gasteiger partial charge >= 0.3 is 12.1 Å². The van der Waals surface area contributed by atoms with E-state index in [1.807, 2.05) is 0 Å². The summed E-state index contributed by atoms with van der Waals surface area (Å²) in [6, 6.07) is 6.79. The molecule has 1 aromatic carbocycles. The van der Waals surface area contributed by atoms with E-state index in [4.69, 9.17) is 9.84 Å². The molecule has 0 bridgehead atoms. The lowest BCUT2D eigenvalue weighted by Gasteiger charge is -2.19. The average molecular weight is 406 g/mol. The first kappa shape index (κ1) is 20.3. The smallest absolute Gasteiger partial charge is 0.432 e. The summed E-state index contributed by atoms with van der Waals surface area (Å²) in [7, 11) is 0. The number of H-pyrrole nitrogens is 1. The van der Waals surface area contributed by atoms with Gasteiger partial charge in [-0.25, -0.2) is 9.97 Å². The first-order valence-electron chi connectivity index (χ1n) is 8.47. The minimum atomic E-state index is -4.51. The molecule has 0 aliphatic heterocycles. The fourth-order valence-electron chi connectivity index (χ4n) is 2.24. The molecule has 3 aromatic rings. The molecule has 0 atom stereocenters. The summed E-state index contributed by atoms with van der Waals surface area (Å²) in [5.41, 5.74) is -0.573. The summed E-state index contributed by atoms with van der Waals surface area (Å²) in [6.45, 7) is 3.15. The van der Waals surface area contributed by atoms with E-state index in [1.165, 1.54) is 12.4 Å². The van der Waals surface area contributed by atoms with Gasteiger partial charge in [0.25, 0.3) is 0 Å². The summed E-state index contributed by atoms with van der Waals surface area (Å²) in [4.78, 5) is 25.3. The van der Waals surface area contributed by atoms with Crippen LogP contribution in [0.15, 0.2) is 42.9 Å². The molecule has 0 saturated heterocycles. The Bertz CT molecular complexity index is 997. The number of alkyl halides is 3. The van der Waals surface area contributed by atoms with Crippen molar-refractivity contribution >= 4 is 5.97 Å². The van der Waals surface area contributed by atoms with Crippen LogP contribution in [0.3, 0.4) is 0 Å². The maximum Gasteiger partial charge on any atom is 0.432 e. The highest BCUT2D eigenvalue weighted by atomic mass is 19.4. The number of imidazole rings is 1. The molecular formula is C19H17F3N4O3. The van der Waals surface area contributed by atoms with E-state index in [0.717, 1.165) is 0 Å². The number of benzene rings is 1. The van der Waals surface area contributed by atoms with Gasteiger partial charge in [-0.1, -0.05) is 0 Å². The van der Waals surface area contributed by atoms with Gasteiger partial charge in [0.15, 0.2) is 5.82 Å². The van der Waals surface area contributed by atoms with E-state index in [1.54, 1.807) is 38.1 Å². The first-order chi connectivity index (χ1) is 13.6. The number of aromatic nitrogens is 4. The second kappa shape index (κ2) is 7.53. The van der Waals surface area contributed by atoms with Crippen molar-refractivity contribution in [3.63, 3.8) is 0 Å². The lowest BCUT2D eigenvalue weighted by Crippen LogP contribution is -2.30. The van der Waals surface area contributed by atoms with E-state index in [2.05, 4.69) is 19.9 Å². The molecule has 152 valence electrons. The number of rotatable bonds is 6. The minimum Gasteiger partial charge on any atom is -0.492 e. The van der Waals surface area contributed by atoms with Gasteiger partial charge in [0.05, 0.1) is 29.7 Å². The third-order valence-corrected chi connectivity index (χ3v) is 4.10. The molecule has 2 aromatic heterocycles. The fraction of sp³-hybridized carbons (Fsp3) is 0.263. The van der Waals surface area contributed by atoms with Gasteiger partial charge in [-0.3, -0.25) is 9.78 Å². The number of aliphatic carboxylic acids is 1. The van der Waals surface area contributed by atoms with Crippen molar-refractivity contribution in [1.29, 1.82) is 0 Å². The zero-order valence-corrected chi connectivity index (χ0v) is 15.5. The monoisotopic (exact) mass is 406 g/mol. The zero-order valence-electron chi connectivity index (χ0n) is 15.5. The molecule has 29 heavy (non-hydrogen) atoms. The van der Waals surface area contributed by atoms with Crippen LogP contribution in [0.25, 0.3) is 22.8 Å². The van der Waals surface area contributed by atoms with Crippen molar-refractivity contribution in [3.8, 4) is 28.5 Å². The zero-order chi connectivity index (χ0) is 21.2. The Morgan fingerprint density at radius 2 is 1.66 bits per heavy atom. The third kappa shape index (κ3) is 4.71. The molecule has 0 spiro atoms. The molecule has 0 fully saturated rings. The number of halogens is 3. The van der Waals surface area contributed by atoms with Gasteiger partial charge < -0.3 is 14.8 Å². The quantitative estimate of drug-likeness (QED) is 0.641. The number of aromatic amines is 1. The standard InChI is InChI=1S/C19H17F3N4O3/c1-18(2,17(27)28)10-29-12-5-3-11(4-6-12)13-7-24-14(8-23-13)16-25-9-15(26-16)19(20,21)22/h3-9H,10H2,1-2H3,(H,25,26)(H,27,28). The van der Waals surface area contributed by atoms with Crippen LogP contribution in [-0.4, -0.2) is 37.6 Å². The number of carboxylic acids is 1. The van der Waals surface area contributed by atoms with Crippen molar-refractivity contribution in [3.05, 3.63) is 48.5 Å². The number of hydrogen-bond donors (Lipinski definition) is 2. The number of ether oxygens (including phenoxy) is 1. The molecule has 2 N–H and O–H groups in total. The predicted octanol–water partition coefficient (Wildman–Crippen LogP) is 4.04. The molecule has 7 nitrogen and oxygen atoms in total. The predicted molar refractivity (Wildman–Crippen MR) is 97.0 cm³/mol. The second-order valence-electron chi connectivity index (χ2n) is 6.93. The fourth-order valence-corrected chi connectivity index (χ4v) is 2.24. The van der Waals surface area contributed by atoms with Gasteiger partial charge in [0.1, 0.15) is 23.7 Å². The van der Waals surface area contributed by atoms with Gasteiger partial charge in [-0.2, -0.15) is 13.2 Å². The van der Waals surface area contributed by atoms with E-state index in [9.17, 15) is 18.0 Å². The van der Waals surface area contributed by atoms with Crippen LogP contribution >= 0.6 is 0 Å². The van der Waals surface area contributed by atoms with Crippen LogP contribution in [0, 0.1) is 5.41 Å². The maximum atomic E-state index is 12.6. The highest BCUT2D eigenvalue weighted by Gasteiger charge is 2.33. The maximum absolute atomic E-state index is 12.6. The number of carbonyl (C=O) groups is 1. The molecule has 0 radical (unpaired) electrons. The largest absolute Gasteiger partial charge is 0.492 e. The molecule has 0 aliphatic carbocycles. The van der Waals surface area contributed by atoms with E-state index in [-0.39, 0.29) is 18.1 Å². The molecule has 10 heteroatoms. The number of carboxylic acid groups (broad SMARTS) is 1. The number of hydrogen-bond acceptors (Lipinski definition) is 5. The first-order valence-corrected chi connectivity index (χ1v) is 8.47. The van der Waals surface area contributed by atoms with Gasteiger partial charge in [0, 0.05) is 5.56 Å². The van der Waals surface area contributed by atoms with E-state index < -0.39 is 23.3 Å². The van der Waals surface area contributed by atoms with E-state index in [0.29, 0.717) is 23.2 Å². The molecular weight excluding hydrogens is 389 g/mol. The van der Waals surface area contributed by atoms with Crippen LogP contribution in [0.1, 0.15) is 19.5 Å². The summed E-state index contributed by atoms with van der Waals surface area (Å²) < 4.78 is 43.5. The SMILES string of the molecule is CC(C)(COc1ccc(-c2cnc(-c3ncc(C(F)(F)F)[nH]3)cn2)cc1)C(=O)O. The Hall–Kier alpha value is -3.43. The third-order valence-electron chi connectivity index (χ3n) is 4.10. The van der Waals surface area contributed by atoms with Gasteiger partial charge in [-0.15, -0.1) is 0 Å². The number of nitrogens with one attached hydrogen (secondary N) is 1. The average Bonchev–Trinajstić information content (AvgIpc) is 3.18. The lowest BCUT2D eigenvalue weighted by molar-refractivity contribution is -0.148. The molecule has 2 heterocycles. The topological polar surface area (TPSA) is 101 Å². The summed E-state index contributed by atoms with van der Waals surface area (Å²) in [6.07, 6.45) is -1.06. The highest BCUT2D eigenvalue weighted by molar-refractivity contribution is 5.73. The van der Waals surface area contributed by atoms with Crippen molar-refractivity contribution in [1.82, 2.24) is 19.9 Å². The van der Waals surface area contributed by atoms with Crippen LogP contribution in [0.4, 0.5) is 13.2 Å². The normalized spacial score (nSPS) is 12.0. The Morgan fingerprint density at radius 1 is 1.03 bits per heavy atom. The van der Waals surface area contributed by atoms with Crippen LogP contribution in [0.5, 0.6) is 5.75 Å². The highest BCUT2D eigenvalue weighted by Crippen LogP contribution is 2.29. The van der Waals surface area contributed by atoms with Crippen LogP contribution < -0.4 is 4.74 Å². The van der Waals surface area contributed by atoms with Gasteiger partial charge in [-0.05, 0) is 38.1 Å². The van der Waals surface area contributed by atoms with Crippen LogP contribution in [-0.2, 0) is 11.0 Å². The number of nitrogens with zero attached hydrogens (tertiary/aromatic N) is 3. The summed E-state index contributed by atoms with van der Waals surface area (Å²) in [5.74, 6) is -0.479. The summed E-state index contributed by atoms with van der Waals surface area (Å²) in [5, 5.41) is 9.10. The van der Waals surface area contributed by atoms with E-state index >= 15 is 0 Å². The van der Waals surface area contributed by atoms with Crippen LogP contribution in [0.2, 0.25) is 0 Å². The molecule has 0 unspecified atom stereocenters. The summed E-state index contributed by atoms with van der Waals surface area (Å²) >= 11 is 0. The van der Waals surface area contributed by atoms with Crippen molar-refractivity contribution < 1.29 is 27.8 Å². The Balaban J connectivity index is 1.70. The minimum absolute atomic E-state index is 0.0131. The Morgan fingerprint density at radius 3 is 2.17 bits per heavy atom. The Labute approximate surface area is 163 Å². The van der Waals surface area contributed by atoms with Gasteiger partial charge in [0.2, 0.25) is 0 Å². The van der Waals surface area contributed by atoms with Crippen molar-refractivity contribution in [2.75, 3.05) is 6.61 Å². The lowest BCUT2D eigenvalue weighted by atomic mass is 9.95. The van der Waals surface area contributed by atoms with Crippen molar-refractivity contribution in [2.45, 2.75) is 20.0 Å².